The van der Waals surface area contributed by atoms with E-state index in [9.17, 15) is 0 Å². The first-order chi connectivity index (χ1) is 9.49. The average Bonchev–Trinajstić information content (AvgIpc) is 2.35. The van der Waals surface area contributed by atoms with Gasteiger partial charge in [-0.1, -0.05) is 50.1 Å². The summed E-state index contributed by atoms with van der Waals surface area (Å²) in [6, 6.07) is 7.92. The van der Waals surface area contributed by atoms with E-state index in [1.807, 2.05) is 18.2 Å². The van der Waals surface area contributed by atoms with Crippen molar-refractivity contribution in [3.05, 3.63) is 34.9 Å². The summed E-state index contributed by atoms with van der Waals surface area (Å²) in [5.41, 5.74) is 6.91. The molecular formula is C16H25ClIN3. The largest absolute Gasteiger partial charge is 0.370 e. The molecule has 0 spiro atoms. The summed E-state index contributed by atoms with van der Waals surface area (Å²) >= 11 is 6.26. The Bertz CT molecular complexity index is 484. The molecule has 1 saturated carbocycles. The molecule has 0 bridgehead atoms. The summed E-state index contributed by atoms with van der Waals surface area (Å²) in [5.74, 6) is 1.32. The lowest BCUT2D eigenvalue weighted by Crippen LogP contribution is -2.38. The van der Waals surface area contributed by atoms with Crippen molar-refractivity contribution in [2.75, 3.05) is 13.1 Å². The number of halogens is 2. The van der Waals surface area contributed by atoms with Gasteiger partial charge in [-0.25, -0.2) is 0 Å². The highest BCUT2D eigenvalue weighted by atomic mass is 127. The van der Waals surface area contributed by atoms with E-state index in [2.05, 4.69) is 30.2 Å². The quantitative estimate of drug-likeness (QED) is 0.430. The Kier molecular flexibility index (Phi) is 7.27. The van der Waals surface area contributed by atoms with Crippen molar-refractivity contribution >= 4 is 41.5 Å². The molecule has 1 aromatic carbocycles. The molecular weight excluding hydrogens is 397 g/mol. The zero-order chi connectivity index (χ0) is 14.6. The van der Waals surface area contributed by atoms with Gasteiger partial charge in [0.2, 0.25) is 0 Å². The van der Waals surface area contributed by atoms with Gasteiger partial charge in [-0.2, -0.15) is 0 Å². The van der Waals surface area contributed by atoms with E-state index in [0.717, 1.165) is 23.0 Å². The fourth-order valence-corrected chi connectivity index (χ4v) is 2.77. The van der Waals surface area contributed by atoms with Gasteiger partial charge in [0.05, 0.1) is 6.54 Å². The van der Waals surface area contributed by atoms with Crippen LogP contribution in [0.25, 0.3) is 0 Å². The maximum atomic E-state index is 6.26. The van der Waals surface area contributed by atoms with E-state index >= 15 is 0 Å². The van der Waals surface area contributed by atoms with Crippen LogP contribution in [0.2, 0.25) is 5.02 Å². The van der Waals surface area contributed by atoms with Crippen molar-refractivity contribution in [1.29, 1.82) is 0 Å². The zero-order valence-corrected chi connectivity index (χ0v) is 15.8. The molecule has 1 fully saturated rings. The first-order valence-corrected chi connectivity index (χ1v) is 7.65. The van der Waals surface area contributed by atoms with Crippen LogP contribution >= 0.6 is 35.6 Å². The second kappa shape index (κ2) is 8.22. The van der Waals surface area contributed by atoms with Crippen LogP contribution in [0.15, 0.2) is 29.3 Å². The Balaban J connectivity index is 0.00000220. The van der Waals surface area contributed by atoms with E-state index in [-0.39, 0.29) is 29.4 Å². The standard InChI is InChI=1S/C16H24ClN3.HI/c1-16(2,13-8-3-4-9-14(13)17)11-20-15(18)19-10-12-6-5-7-12;/h3-4,8-9,12H,5-7,10-11H2,1-2H3,(H3,18,19,20);1H. The Morgan fingerprint density at radius 1 is 1.38 bits per heavy atom. The van der Waals surface area contributed by atoms with Crippen LogP contribution in [0.5, 0.6) is 0 Å². The number of nitrogens with one attached hydrogen (secondary N) is 1. The number of nitrogens with two attached hydrogens (primary N) is 1. The lowest BCUT2D eigenvalue weighted by Gasteiger charge is -2.26. The summed E-state index contributed by atoms with van der Waals surface area (Å²) in [6.07, 6.45) is 3.97. The van der Waals surface area contributed by atoms with Crippen molar-refractivity contribution in [2.24, 2.45) is 16.6 Å². The van der Waals surface area contributed by atoms with Crippen LogP contribution < -0.4 is 11.1 Å². The predicted octanol–water partition coefficient (Wildman–Crippen LogP) is 3.94. The van der Waals surface area contributed by atoms with E-state index in [1.54, 1.807) is 0 Å². The number of guanidine groups is 1. The highest BCUT2D eigenvalue weighted by molar-refractivity contribution is 14.0. The molecule has 2 rings (SSSR count). The average molecular weight is 422 g/mol. The summed E-state index contributed by atoms with van der Waals surface area (Å²) in [5, 5.41) is 4.00. The molecule has 0 unspecified atom stereocenters. The second-order valence-corrected chi connectivity index (χ2v) is 6.65. The highest BCUT2D eigenvalue weighted by Crippen LogP contribution is 2.29. The predicted molar refractivity (Wildman–Crippen MR) is 102 cm³/mol. The minimum absolute atomic E-state index is 0. The van der Waals surface area contributed by atoms with Crippen LogP contribution in [-0.2, 0) is 5.41 Å². The molecule has 1 aliphatic rings. The zero-order valence-electron chi connectivity index (χ0n) is 12.7. The molecule has 0 aromatic heterocycles. The number of rotatable bonds is 5. The Morgan fingerprint density at radius 2 is 2.05 bits per heavy atom. The fourth-order valence-electron chi connectivity index (χ4n) is 2.38. The third-order valence-corrected chi connectivity index (χ3v) is 4.37. The van der Waals surface area contributed by atoms with Gasteiger partial charge in [0, 0.05) is 17.0 Å². The van der Waals surface area contributed by atoms with Gasteiger partial charge >= 0.3 is 0 Å². The Hall–Kier alpha value is -0.490. The highest BCUT2D eigenvalue weighted by Gasteiger charge is 2.23. The smallest absolute Gasteiger partial charge is 0.188 e. The van der Waals surface area contributed by atoms with Crippen LogP contribution in [-0.4, -0.2) is 19.0 Å². The molecule has 0 saturated heterocycles. The number of nitrogens with zero attached hydrogens (tertiary/aromatic N) is 1. The Labute approximate surface area is 149 Å². The molecule has 0 heterocycles. The molecule has 21 heavy (non-hydrogen) atoms. The van der Waals surface area contributed by atoms with Gasteiger partial charge in [0.15, 0.2) is 5.96 Å². The first kappa shape index (κ1) is 18.6. The Morgan fingerprint density at radius 3 is 2.62 bits per heavy atom. The van der Waals surface area contributed by atoms with Gasteiger partial charge in [-0.3, -0.25) is 4.99 Å². The second-order valence-electron chi connectivity index (χ2n) is 6.24. The van der Waals surface area contributed by atoms with E-state index in [4.69, 9.17) is 17.3 Å². The normalized spacial score (nSPS) is 16.0. The number of hydrogen-bond acceptors (Lipinski definition) is 1. The van der Waals surface area contributed by atoms with Crippen molar-refractivity contribution in [3.8, 4) is 0 Å². The van der Waals surface area contributed by atoms with E-state index in [1.165, 1.54) is 19.3 Å². The minimum Gasteiger partial charge on any atom is -0.370 e. The lowest BCUT2D eigenvalue weighted by molar-refractivity contribution is 0.315. The van der Waals surface area contributed by atoms with E-state index in [0.29, 0.717) is 12.5 Å². The molecule has 1 aromatic rings. The van der Waals surface area contributed by atoms with Crippen molar-refractivity contribution in [2.45, 2.75) is 38.5 Å². The molecule has 3 N–H and O–H groups in total. The van der Waals surface area contributed by atoms with Gasteiger partial charge in [0.25, 0.3) is 0 Å². The van der Waals surface area contributed by atoms with Crippen molar-refractivity contribution in [3.63, 3.8) is 0 Å². The molecule has 0 amide bonds. The number of aliphatic imine (C=N–C) groups is 1. The molecule has 0 radical (unpaired) electrons. The SMILES string of the molecule is CC(C)(CN=C(N)NCC1CCC1)c1ccccc1Cl.I. The summed E-state index contributed by atoms with van der Waals surface area (Å²) in [6.45, 7) is 5.84. The molecule has 5 heteroatoms. The number of hydrogen-bond donors (Lipinski definition) is 2. The van der Waals surface area contributed by atoms with Gasteiger partial charge < -0.3 is 11.1 Å². The molecule has 118 valence electrons. The van der Waals surface area contributed by atoms with Crippen LogP contribution in [0.4, 0.5) is 0 Å². The molecule has 0 aliphatic heterocycles. The number of benzene rings is 1. The van der Waals surface area contributed by atoms with Gasteiger partial charge in [-0.05, 0) is 30.4 Å². The first-order valence-electron chi connectivity index (χ1n) is 7.28. The topological polar surface area (TPSA) is 50.4 Å². The summed E-state index contributed by atoms with van der Waals surface area (Å²) in [4.78, 5) is 4.47. The molecule has 0 atom stereocenters. The van der Waals surface area contributed by atoms with Crippen LogP contribution in [0, 0.1) is 5.92 Å². The van der Waals surface area contributed by atoms with Crippen molar-refractivity contribution < 1.29 is 0 Å². The van der Waals surface area contributed by atoms with Crippen LogP contribution in [0.3, 0.4) is 0 Å². The summed E-state index contributed by atoms with van der Waals surface area (Å²) in [7, 11) is 0. The van der Waals surface area contributed by atoms with E-state index < -0.39 is 0 Å². The van der Waals surface area contributed by atoms with Gasteiger partial charge in [-0.15, -0.1) is 24.0 Å². The lowest BCUT2D eigenvalue weighted by atomic mass is 9.85. The third-order valence-electron chi connectivity index (χ3n) is 4.04. The monoisotopic (exact) mass is 421 g/mol. The summed E-state index contributed by atoms with van der Waals surface area (Å²) < 4.78 is 0. The van der Waals surface area contributed by atoms with Crippen LogP contribution in [0.1, 0.15) is 38.7 Å². The maximum Gasteiger partial charge on any atom is 0.188 e. The fraction of sp³-hybridized carbons (Fsp3) is 0.562. The minimum atomic E-state index is -0.124. The molecule has 1 aliphatic carbocycles. The third kappa shape index (κ3) is 5.33. The van der Waals surface area contributed by atoms with Gasteiger partial charge in [0.1, 0.15) is 0 Å². The molecule has 3 nitrogen and oxygen atoms in total. The van der Waals surface area contributed by atoms with Crippen molar-refractivity contribution in [1.82, 2.24) is 5.32 Å². The maximum absolute atomic E-state index is 6.26.